The van der Waals surface area contributed by atoms with Crippen molar-refractivity contribution < 1.29 is 8.42 Å². The second kappa shape index (κ2) is 5.76. The molecule has 2 aliphatic rings. The van der Waals surface area contributed by atoms with Crippen LogP contribution in [0.15, 0.2) is 28.7 Å². The van der Waals surface area contributed by atoms with Crippen molar-refractivity contribution in [3.05, 3.63) is 28.7 Å². The topological polar surface area (TPSA) is 40.6 Å². The molecule has 7 heteroatoms. The van der Waals surface area contributed by atoms with Crippen LogP contribution in [0.25, 0.3) is 0 Å². The lowest BCUT2D eigenvalue weighted by Crippen LogP contribution is -2.39. The number of benzene rings is 1. The minimum Gasteiger partial charge on any atom is -0.342 e. The summed E-state index contributed by atoms with van der Waals surface area (Å²) in [6.07, 6.45) is 0. The van der Waals surface area contributed by atoms with Crippen molar-refractivity contribution in [3.63, 3.8) is 0 Å². The lowest BCUT2D eigenvalue weighted by atomic mass is 10.1. The van der Waals surface area contributed by atoms with Gasteiger partial charge in [0.25, 0.3) is 0 Å². The average Bonchev–Trinajstić information content (AvgIpc) is 2.82. The normalized spacial score (nSPS) is 26.8. The number of hydrogen-bond acceptors (Lipinski definition) is 3. The van der Waals surface area contributed by atoms with E-state index in [0.29, 0.717) is 5.92 Å². The molecule has 22 heavy (non-hydrogen) atoms. The number of anilines is 1. The molecular weight excluding hydrogens is 384 g/mol. The lowest BCUT2D eigenvalue weighted by Gasteiger charge is -2.27. The molecule has 0 N–H and O–H groups in total. The fraction of sp³-hybridized carbons (Fsp3) is 0.533. The van der Waals surface area contributed by atoms with Gasteiger partial charge in [0, 0.05) is 16.7 Å². The summed E-state index contributed by atoms with van der Waals surface area (Å²) in [4.78, 5) is 4.13. The second-order valence-corrected chi connectivity index (χ2v) is 9.82. The molecule has 2 heterocycles. The average molecular weight is 403 g/mol. The molecule has 0 amide bonds. The molecule has 4 nitrogen and oxygen atoms in total. The van der Waals surface area contributed by atoms with E-state index >= 15 is 0 Å². The van der Waals surface area contributed by atoms with Gasteiger partial charge in [-0.1, -0.05) is 35.8 Å². The first-order chi connectivity index (χ1) is 10.3. The molecule has 0 bridgehead atoms. The van der Waals surface area contributed by atoms with Crippen LogP contribution in [0.4, 0.5) is 5.69 Å². The highest BCUT2D eigenvalue weighted by Gasteiger charge is 2.51. The highest BCUT2D eigenvalue weighted by atomic mass is 79.9. The summed E-state index contributed by atoms with van der Waals surface area (Å²) in [6, 6.07) is 7.78. The van der Waals surface area contributed by atoms with Gasteiger partial charge in [-0.3, -0.25) is 0 Å². The number of hydrogen-bond donors (Lipinski definition) is 0. The standard InChI is InChI=1S/C15H19BrN2O2S2/c1-10(2)7-17-13-8-22(19,20)9-14(13)18(15(17)21)12-5-3-4-11(16)6-12/h3-6,10,13-14H,7-9H2,1-2H3/t13-,14+/m1/s1. The van der Waals surface area contributed by atoms with Crippen molar-refractivity contribution in [2.24, 2.45) is 5.92 Å². The summed E-state index contributed by atoms with van der Waals surface area (Å²) in [5.74, 6) is 0.817. The SMILES string of the molecule is CC(C)CN1C(=S)N(c2cccc(Br)c2)[C@H]2CS(=O)(=O)C[C@H]21. The van der Waals surface area contributed by atoms with Crippen molar-refractivity contribution in [2.75, 3.05) is 23.0 Å². The van der Waals surface area contributed by atoms with Crippen molar-refractivity contribution in [2.45, 2.75) is 25.9 Å². The Morgan fingerprint density at radius 3 is 2.64 bits per heavy atom. The van der Waals surface area contributed by atoms with Gasteiger partial charge in [-0.2, -0.15) is 0 Å². The number of nitrogens with zero attached hydrogens (tertiary/aromatic N) is 2. The molecule has 2 aliphatic heterocycles. The Bertz CT molecular complexity index is 705. The molecule has 3 rings (SSSR count). The van der Waals surface area contributed by atoms with E-state index in [1.54, 1.807) is 0 Å². The quantitative estimate of drug-likeness (QED) is 0.726. The molecule has 2 saturated heterocycles. The zero-order chi connectivity index (χ0) is 16.1. The number of sulfone groups is 1. The van der Waals surface area contributed by atoms with Crippen LogP contribution in [0.1, 0.15) is 13.8 Å². The predicted molar refractivity (Wildman–Crippen MR) is 97.0 cm³/mol. The van der Waals surface area contributed by atoms with Gasteiger partial charge in [0.05, 0.1) is 23.6 Å². The largest absolute Gasteiger partial charge is 0.342 e. The van der Waals surface area contributed by atoms with Gasteiger partial charge in [0.1, 0.15) is 0 Å². The van der Waals surface area contributed by atoms with E-state index in [0.717, 1.165) is 21.8 Å². The maximum atomic E-state index is 12.1. The van der Waals surface area contributed by atoms with E-state index in [-0.39, 0.29) is 23.6 Å². The molecule has 0 aliphatic carbocycles. The first-order valence-corrected chi connectivity index (χ1v) is 10.4. The Morgan fingerprint density at radius 2 is 2.00 bits per heavy atom. The van der Waals surface area contributed by atoms with Gasteiger partial charge in [-0.15, -0.1) is 0 Å². The van der Waals surface area contributed by atoms with Crippen LogP contribution in [-0.2, 0) is 9.84 Å². The first-order valence-electron chi connectivity index (χ1n) is 7.34. The van der Waals surface area contributed by atoms with Crippen molar-refractivity contribution in [1.82, 2.24) is 4.90 Å². The fourth-order valence-electron chi connectivity index (χ4n) is 3.31. The Hall–Kier alpha value is -0.660. The molecule has 0 radical (unpaired) electrons. The Labute approximate surface area is 145 Å². The molecular formula is C15H19BrN2O2S2. The number of rotatable bonds is 3. The number of thiocarbonyl (C=S) groups is 1. The Kier molecular flexibility index (Phi) is 4.24. The highest BCUT2D eigenvalue weighted by Crippen LogP contribution is 2.36. The molecule has 2 atom stereocenters. The maximum absolute atomic E-state index is 12.1. The van der Waals surface area contributed by atoms with E-state index in [2.05, 4.69) is 34.7 Å². The van der Waals surface area contributed by atoms with Gasteiger partial charge in [-0.05, 0) is 36.3 Å². The summed E-state index contributed by atoms with van der Waals surface area (Å²) < 4.78 is 25.2. The maximum Gasteiger partial charge on any atom is 0.176 e. The second-order valence-electron chi connectivity index (χ2n) is 6.39. The van der Waals surface area contributed by atoms with Gasteiger partial charge < -0.3 is 9.80 Å². The van der Waals surface area contributed by atoms with E-state index in [1.807, 2.05) is 29.2 Å². The zero-order valence-corrected chi connectivity index (χ0v) is 15.8. The fourth-order valence-corrected chi connectivity index (χ4v) is 6.10. The smallest absolute Gasteiger partial charge is 0.176 e. The molecule has 1 aromatic carbocycles. The third kappa shape index (κ3) is 2.90. The highest BCUT2D eigenvalue weighted by molar-refractivity contribution is 9.10. The van der Waals surface area contributed by atoms with Crippen LogP contribution in [-0.4, -0.2) is 48.6 Å². The third-order valence-corrected chi connectivity index (χ3v) is 6.75. The Morgan fingerprint density at radius 1 is 1.32 bits per heavy atom. The molecule has 0 unspecified atom stereocenters. The van der Waals surface area contributed by atoms with Crippen LogP contribution in [0.5, 0.6) is 0 Å². The lowest BCUT2D eigenvalue weighted by molar-refractivity contribution is 0.319. The van der Waals surface area contributed by atoms with Gasteiger partial charge >= 0.3 is 0 Å². The summed E-state index contributed by atoms with van der Waals surface area (Å²) in [5.41, 5.74) is 0.956. The summed E-state index contributed by atoms with van der Waals surface area (Å²) in [5, 5.41) is 0.747. The van der Waals surface area contributed by atoms with Crippen molar-refractivity contribution >= 4 is 48.8 Å². The molecule has 0 spiro atoms. The van der Waals surface area contributed by atoms with Crippen molar-refractivity contribution in [3.8, 4) is 0 Å². The minimum atomic E-state index is -3.00. The van der Waals surface area contributed by atoms with Crippen LogP contribution < -0.4 is 4.90 Å². The van der Waals surface area contributed by atoms with Crippen molar-refractivity contribution in [1.29, 1.82) is 0 Å². The third-order valence-electron chi connectivity index (χ3n) is 4.13. The molecule has 0 aromatic heterocycles. The van der Waals surface area contributed by atoms with E-state index < -0.39 is 9.84 Å². The van der Waals surface area contributed by atoms with Gasteiger partial charge in [0.2, 0.25) is 0 Å². The van der Waals surface area contributed by atoms with E-state index in [9.17, 15) is 8.42 Å². The van der Waals surface area contributed by atoms with E-state index in [1.165, 1.54) is 0 Å². The predicted octanol–water partition coefficient (Wildman–Crippen LogP) is 2.68. The van der Waals surface area contributed by atoms with Gasteiger partial charge in [-0.25, -0.2) is 8.42 Å². The first kappa shape index (κ1) is 16.2. The zero-order valence-electron chi connectivity index (χ0n) is 12.6. The summed E-state index contributed by atoms with van der Waals surface area (Å²) >= 11 is 9.15. The van der Waals surface area contributed by atoms with Crippen LogP contribution >= 0.6 is 28.1 Å². The number of halogens is 1. The minimum absolute atomic E-state index is 0.0288. The van der Waals surface area contributed by atoms with Crippen LogP contribution in [0, 0.1) is 5.92 Å². The molecule has 1 aromatic rings. The van der Waals surface area contributed by atoms with Crippen LogP contribution in [0.2, 0.25) is 0 Å². The van der Waals surface area contributed by atoms with Crippen LogP contribution in [0.3, 0.4) is 0 Å². The number of fused-ring (bicyclic) bond motifs is 1. The van der Waals surface area contributed by atoms with E-state index in [4.69, 9.17) is 12.2 Å². The summed E-state index contributed by atoms with van der Waals surface area (Å²) in [6.45, 7) is 5.05. The molecule has 2 fully saturated rings. The molecule has 120 valence electrons. The van der Waals surface area contributed by atoms with Gasteiger partial charge in [0.15, 0.2) is 14.9 Å². The Balaban J connectivity index is 2.01. The summed E-state index contributed by atoms with van der Waals surface area (Å²) in [7, 11) is -3.00. The monoisotopic (exact) mass is 402 g/mol. The molecule has 0 saturated carbocycles.